The van der Waals surface area contributed by atoms with E-state index in [1.54, 1.807) is 30.3 Å². The van der Waals surface area contributed by atoms with Gasteiger partial charge in [0.15, 0.2) is 0 Å². The predicted molar refractivity (Wildman–Crippen MR) is 137 cm³/mol. The number of carbonyl (C=O) groups is 2. The predicted octanol–water partition coefficient (Wildman–Crippen LogP) is 5.79. The first-order valence-electron chi connectivity index (χ1n) is 11.1. The van der Waals surface area contributed by atoms with E-state index in [2.05, 4.69) is 5.32 Å². The number of ether oxygens (including phenoxy) is 2. The first kappa shape index (κ1) is 25.3. The molecule has 0 saturated carbocycles. The first-order valence-corrected chi connectivity index (χ1v) is 11.8. The van der Waals surface area contributed by atoms with Crippen LogP contribution in [0.3, 0.4) is 0 Å². The largest absolute Gasteiger partial charge is 0.492 e. The third kappa shape index (κ3) is 6.65. The lowest BCUT2D eigenvalue weighted by Crippen LogP contribution is -2.27. The second kappa shape index (κ2) is 11.7. The summed E-state index contributed by atoms with van der Waals surface area (Å²) in [5.74, 6) is -0.308. The smallest absolute Gasteiger partial charge is 0.349 e. The van der Waals surface area contributed by atoms with E-state index in [9.17, 15) is 14.4 Å². The maximum Gasteiger partial charge on any atom is 0.349 e. The van der Waals surface area contributed by atoms with Gasteiger partial charge in [0.25, 0.3) is 5.91 Å². The summed E-state index contributed by atoms with van der Waals surface area (Å²) < 4.78 is 16.2. The summed E-state index contributed by atoms with van der Waals surface area (Å²) in [6, 6.07) is 20.3. The van der Waals surface area contributed by atoms with Crippen molar-refractivity contribution >= 4 is 46.0 Å². The Morgan fingerprint density at radius 1 is 0.944 bits per heavy atom. The second-order valence-corrected chi connectivity index (χ2v) is 8.66. The zero-order valence-corrected chi connectivity index (χ0v) is 20.5. The molecule has 0 aliphatic carbocycles. The lowest BCUT2D eigenvalue weighted by atomic mass is 10.1. The van der Waals surface area contributed by atoms with Crippen LogP contribution in [-0.2, 0) is 11.3 Å². The van der Waals surface area contributed by atoms with Crippen LogP contribution in [0.2, 0.25) is 10.0 Å². The van der Waals surface area contributed by atoms with Gasteiger partial charge >= 0.3 is 11.6 Å². The number of hydrogen-bond donors (Lipinski definition) is 1. The molecule has 1 N–H and O–H groups in total. The molecule has 0 aliphatic heterocycles. The lowest BCUT2D eigenvalue weighted by Gasteiger charge is -2.09. The van der Waals surface area contributed by atoms with Crippen LogP contribution in [0.5, 0.6) is 11.5 Å². The Balaban J connectivity index is 1.32. The van der Waals surface area contributed by atoms with Crippen LogP contribution in [0.4, 0.5) is 0 Å². The van der Waals surface area contributed by atoms with Crippen LogP contribution in [0.1, 0.15) is 28.8 Å². The molecule has 1 heterocycles. The average molecular weight is 526 g/mol. The molecule has 0 bridgehead atoms. The zero-order chi connectivity index (χ0) is 25.5. The molecule has 4 aromatic rings. The van der Waals surface area contributed by atoms with E-state index in [1.165, 1.54) is 12.1 Å². The maximum atomic E-state index is 12.5. The molecule has 1 aromatic heterocycles. The van der Waals surface area contributed by atoms with Gasteiger partial charge in [-0.15, -0.1) is 0 Å². The third-order valence-electron chi connectivity index (χ3n) is 5.16. The minimum Gasteiger partial charge on any atom is -0.492 e. The molecule has 0 spiro atoms. The Bertz CT molecular complexity index is 1450. The number of rotatable bonds is 9. The average Bonchev–Trinajstić information content (AvgIpc) is 2.86. The van der Waals surface area contributed by atoms with E-state index in [4.69, 9.17) is 37.1 Å². The van der Waals surface area contributed by atoms with E-state index in [0.717, 1.165) is 5.56 Å². The highest BCUT2D eigenvalue weighted by molar-refractivity contribution is 6.35. The molecular formula is C27H21Cl2NO6. The molecule has 9 heteroatoms. The number of carbonyl (C=O) groups excluding carboxylic acids is 2. The third-order valence-corrected chi connectivity index (χ3v) is 5.69. The van der Waals surface area contributed by atoms with Gasteiger partial charge in [-0.25, -0.2) is 4.79 Å². The summed E-state index contributed by atoms with van der Waals surface area (Å²) in [4.78, 5) is 37.1. The normalized spacial score (nSPS) is 10.7. The van der Waals surface area contributed by atoms with Crippen LogP contribution in [-0.4, -0.2) is 18.5 Å². The number of nitrogens with one attached hydrogen (secondary N) is 1. The molecule has 0 atom stereocenters. The Morgan fingerprint density at radius 2 is 1.75 bits per heavy atom. The monoisotopic (exact) mass is 525 g/mol. The molecule has 0 radical (unpaired) electrons. The van der Waals surface area contributed by atoms with Gasteiger partial charge in [0.05, 0.1) is 11.6 Å². The van der Waals surface area contributed by atoms with Crippen molar-refractivity contribution in [3.63, 3.8) is 0 Å². The van der Waals surface area contributed by atoms with Gasteiger partial charge in [0, 0.05) is 29.4 Å². The standard InChI is InChI=1S/C27H21Cl2NO6/c28-19-9-11-23(22(29)14-19)34-12-4-7-25(31)35-20-10-8-18-13-21(27(33)36-24(18)15-20)26(32)30-16-17-5-2-1-3-6-17/h1-3,5-6,8-11,13-15H,4,7,12,16H2,(H,30,32). The van der Waals surface area contributed by atoms with Gasteiger partial charge in [-0.3, -0.25) is 9.59 Å². The van der Waals surface area contributed by atoms with Crippen LogP contribution in [0, 0.1) is 0 Å². The minimum atomic E-state index is -0.783. The lowest BCUT2D eigenvalue weighted by molar-refractivity contribution is -0.134. The topological polar surface area (TPSA) is 94.8 Å². The fraction of sp³-hybridized carbons (Fsp3) is 0.148. The Hall–Kier alpha value is -3.81. The van der Waals surface area contributed by atoms with E-state index in [1.807, 2.05) is 30.3 Å². The Labute approximate surface area is 216 Å². The fourth-order valence-electron chi connectivity index (χ4n) is 3.36. The van der Waals surface area contributed by atoms with Crippen molar-refractivity contribution < 1.29 is 23.5 Å². The Morgan fingerprint density at radius 3 is 2.53 bits per heavy atom. The molecule has 184 valence electrons. The number of halogens is 2. The van der Waals surface area contributed by atoms with E-state index >= 15 is 0 Å². The van der Waals surface area contributed by atoms with Crippen molar-refractivity contribution in [2.45, 2.75) is 19.4 Å². The highest BCUT2D eigenvalue weighted by Crippen LogP contribution is 2.27. The maximum absolute atomic E-state index is 12.5. The molecular weight excluding hydrogens is 505 g/mol. The molecule has 0 unspecified atom stereocenters. The van der Waals surface area contributed by atoms with Gasteiger partial charge in [0.2, 0.25) is 0 Å². The summed E-state index contributed by atoms with van der Waals surface area (Å²) >= 11 is 11.9. The van der Waals surface area contributed by atoms with Crippen molar-refractivity contribution in [1.29, 1.82) is 0 Å². The number of benzene rings is 3. The molecule has 4 rings (SSSR count). The van der Waals surface area contributed by atoms with Crippen LogP contribution < -0.4 is 20.4 Å². The van der Waals surface area contributed by atoms with Gasteiger partial charge < -0.3 is 19.2 Å². The highest BCUT2D eigenvalue weighted by Gasteiger charge is 2.15. The summed E-state index contributed by atoms with van der Waals surface area (Å²) in [5.41, 5.74) is 0.215. The number of amides is 1. The molecule has 3 aromatic carbocycles. The van der Waals surface area contributed by atoms with Crippen LogP contribution in [0.25, 0.3) is 11.0 Å². The minimum absolute atomic E-state index is 0.105. The number of esters is 1. The van der Waals surface area contributed by atoms with Crippen molar-refractivity contribution in [3.8, 4) is 11.5 Å². The van der Waals surface area contributed by atoms with Gasteiger partial charge in [-0.1, -0.05) is 53.5 Å². The van der Waals surface area contributed by atoms with E-state index < -0.39 is 17.5 Å². The molecule has 1 amide bonds. The van der Waals surface area contributed by atoms with Crippen LogP contribution in [0.15, 0.2) is 82.0 Å². The highest BCUT2D eigenvalue weighted by atomic mass is 35.5. The SMILES string of the molecule is O=C(CCCOc1ccc(Cl)cc1Cl)Oc1ccc2cc(C(=O)NCc3ccccc3)c(=O)oc2c1. The first-order chi connectivity index (χ1) is 17.4. The summed E-state index contributed by atoms with van der Waals surface area (Å²) in [5, 5.41) is 4.12. The van der Waals surface area contributed by atoms with Gasteiger partial charge in [-0.05, 0) is 48.4 Å². The molecule has 36 heavy (non-hydrogen) atoms. The van der Waals surface area contributed by atoms with Crippen molar-refractivity contribution in [3.05, 3.63) is 104 Å². The fourth-order valence-corrected chi connectivity index (χ4v) is 3.82. The van der Waals surface area contributed by atoms with Crippen LogP contribution >= 0.6 is 23.2 Å². The van der Waals surface area contributed by atoms with E-state index in [0.29, 0.717) is 27.6 Å². The van der Waals surface area contributed by atoms with Crippen molar-refractivity contribution in [1.82, 2.24) is 5.32 Å². The summed E-state index contributed by atoms with van der Waals surface area (Å²) in [7, 11) is 0. The van der Waals surface area contributed by atoms with Crippen molar-refractivity contribution in [2.75, 3.05) is 6.61 Å². The second-order valence-electron chi connectivity index (χ2n) is 7.82. The van der Waals surface area contributed by atoms with Crippen molar-refractivity contribution in [2.24, 2.45) is 0 Å². The quantitative estimate of drug-likeness (QED) is 0.128. The Kier molecular flexibility index (Phi) is 8.25. The summed E-state index contributed by atoms with van der Waals surface area (Å²) in [6.45, 7) is 0.544. The van der Waals surface area contributed by atoms with Gasteiger partial charge in [0.1, 0.15) is 22.6 Å². The molecule has 0 fully saturated rings. The molecule has 0 saturated heterocycles. The zero-order valence-electron chi connectivity index (χ0n) is 19.0. The van der Waals surface area contributed by atoms with E-state index in [-0.39, 0.29) is 36.5 Å². The number of hydrogen-bond acceptors (Lipinski definition) is 6. The molecule has 7 nitrogen and oxygen atoms in total. The number of fused-ring (bicyclic) bond motifs is 1. The summed E-state index contributed by atoms with van der Waals surface area (Å²) in [6.07, 6.45) is 0.510. The molecule has 0 aliphatic rings. The van der Waals surface area contributed by atoms with Gasteiger partial charge in [-0.2, -0.15) is 0 Å².